The maximum Gasteiger partial charge on any atom is 0.302 e. The third-order valence-electron chi connectivity index (χ3n) is 2.08. The number of allylic oxidation sites excluding steroid dienone is 4. The van der Waals surface area contributed by atoms with Crippen molar-refractivity contribution in [2.75, 3.05) is 6.61 Å². The Balaban J connectivity index is 3.67. The molecular formula is C16H20O3. The highest BCUT2D eigenvalue weighted by atomic mass is 16.5. The maximum atomic E-state index is 10.5. The summed E-state index contributed by atoms with van der Waals surface area (Å²) in [4.78, 5) is 10.5. The maximum absolute atomic E-state index is 10.5. The Morgan fingerprint density at radius 2 is 1.95 bits per heavy atom. The Kier molecular flexibility index (Phi) is 11.2. The minimum Gasteiger partial charge on any atom is -0.466 e. The molecule has 0 spiro atoms. The smallest absolute Gasteiger partial charge is 0.302 e. The van der Waals surface area contributed by atoms with Gasteiger partial charge in [-0.1, -0.05) is 24.0 Å². The van der Waals surface area contributed by atoms with Crippen molar-refractivity contribution in [2.45, 2.75) is 39.2 Å². The van der Waals surface area contributed by atoms with E-state index in [-0.39, 0.29) is 12.6 Å². The molecule has 0 aromatic rings. The molecule has 19 heavy (non-hydrogen) atoms. The molecule has 0 saturated heterocycles. The number of rotatable bonds is 6. The van der Waals surface area contributed by atoms with Crippen molar-refractivity contribution in [3.05, 3.63) is 24.3 Å². The number of aliphatic hydroxyl groups is 1. The summed E-state index contributed by atoms with van der Waals surface area (Å²) in [5.41, 5.74) is 0. The van der Waals surface area contributed by atoms with Gasteiger partial charge in [0.05, 0.1) is 12.7 Å². The van der Waals surface area contributed by atoms with E-state index in [1.165, 1.54) is 6.92 Å². The Morgan fingerprint density at radius 1 is 1.26 bits per heavy atom. The molecule has 0 rings (SSSR count). The molecule has 3 nitrogen and oxygen atoms in total. The van der Waals surface area contributed by atoms with Gasteiger partial charge in [0.25, 0.3) is 0 Å². The highest BCUT2D eigenvalue weighted by Crippen LogP contribution is 2.02. The van der Waals surface area contributed by atoms with Gasteiger partial charge in [-0.15, -0.1) is 0 Å². The Hall–Kier alpha value is -1.97. The molecule has 0 saturated carbocycles. The van der Waals surface area contributed by atoms with Crippen molar-refractivity contribution < 1.29 is 14.6 Å². The molecule has 0 heterocycles. The summed E-state index contributed by atoms with van der Waals surface area (Å²) in [7, 11) is 0. The summed E-state index contributed by atoms with van der Waals surface area (Å²) in [5, 5.41) is 9.57. The molecule has 1 N–H and O–H groups in total. The quantitative estimate of drug-likeness (QED) is 0.588. The zero-order valence-electron chi connectivity index (χ0n) is 11.5. The summed E-state index contributed by atoms with van der Waals surface area (Å²) in [6, 6.07) is 0. The first-order valence-electron chi connectivity index (χ1n) is 6.25. The normalized spacial score (nSPS) is 11.5. The van der Waals surface area contributed by atoms with Crippen LogP contribution in [0.25, 0.3) is 0 Å². The van der Waals surface area contributed by atoms with E-state index in [9.17, 15) is 9.90 Å². The first-order chi connectivity index (χ1) is 9.16. The Labute approximate surface area is 115 Å². The van der Waals surface area contributed by atoms with Crippen LogP contribution in [0.1, 0.15) is 33.1 Å². The third kappa shape index (κ3) is 14.0. The topological polar surface area (TPSA) is 46.5 Å². The van der Waals surface area contributed by atoms with Gasteiger partial charge in [-0.2, -0.15) is 0 Å². The van der Waals surface area contributed by atoms with Gasteiger partial charge in [0.15, 0.2) is 0 Å². The molecule has 102 valence electrons. The second-order valence-corrected chi connectivity index (χ2v) is 3.80. The van der Waals surface area contributed by atoms with Gasteiger partial charge in [0.2, 0.25) is 0 Å². The minimum absolute atomic E-state index is 0.264. The van der Waals surface area contributed by atoms with Gasteiger partial charge in [0.1, 0.15) is 0 Å². The van der Waals surface area contributed by atoms with Crippen LogP contribution >= 0.6 is 0 Å². The van der Waals surface area contributed by atoms with Crippen LogP contribution in [0.3, 0.4) is 0 Å². The number of hydrogen-bond donors (Lipinski definition) is 1. The van der Waals surface area contributed by atoms with E-state index in [4.69, 9.17) is 4.74 Å². The standard InChI is InChI=1S/C16H20O3/c1-3-4-5-6-7-8-9-10-11-12-16(18)13-14-19-15(2)17/h3-4,9-10,16,18H,11-14H2,1-2H3/b4-3+,10-9+/t16-/m0/s1. The zero-order chi connectivity index (χ0) is 14.3. The summed E-state index contributed by atoms with van der Waals surface area (Å²) in [5.74, 6) is 10.6. The first-order valence-corrected chi connectivity index (χ1v) is 6.25. The van der Waals surface area contributed by atoms with Crippen molar-refractivity contribution >= 4 is 5.97 Å². The predicted octanol–water partition coefficient (Wildman–Crippen LogP) is 2.22. The van der Waals surface area contributed by atoms with Crippen LogP contribution in [0.2, 0.25) is 0 Å². The highest BCUT2D eigenvalue weighted by Gasteiger charge is 2.03. The Morgan fingerprint density at radius 3 is 2.58 bits per heavy atom. The van der Waals surface area contributed by atoms with E-state index in [1.54, 1.807) is 12.2 Å². The van der Waals surface area contributed by atoms with Crippen molar-refractivity contribution in [2.24, 2.45) is 0 Å². The fourth-order valence-electron chi connectivity index (χ4n) is 1.15. The molecule has 0 fully saturated rings. The van der Waals surface area contributed by atoms with Crippen molar-refractivity contribution in [3.8, 4) is 23.7 Å². The number of aliphatic hydroxyl groups excluding tert-OH is 1. The van der Waals surface area contributed by atoms with Gasteiger partial charge in [-0.05, 0) is 43.8 Å². The fraction of sp³-hybridized carbons (Fsp3) is 0.438. The lowest BCUT2D eigenvalue weighted by atomic mass is 10.1. The molecule has 0 amide bonds. The van der Waals surface area contributed by atoms with Crippen LogP contribution in [0.15, 0.2) is 24.3 Å². The average Bonchev–Trinajstić information content (AvgIpc) is 2.36. The van der Waals surface area contributed by atoms with Gasteiger partial charge in [-0.25, -0.2) is 0 Å². The number of carbonyl (C=O) groups excluding carboxylic acids is 1. The molecule has 1 atom stereocenters. The fourth-order valence-corrected chi connectivity index (χ4v) is 1.15. The first kappa shape index (κ1) is 17.0. The van der Waals surface area contributed by atoms with Crippen molar-refractivity contribution in [3.63, 3.8) is 0 Å². The molecule has 0 aromatic heterocycles. The van der Waals surface area contributed by atoms with Crippen LogP contribution in [0.5, 0.6) is 0 Å². The number of esters is 1. The predicted molar refractivity (Wildman–Crippen MR) is 76.0 cm³/mol. The van der Waals surface area contributed by atoms with Gasteiger partial charge in [-0.3, -0.25) is 4.79 Å². The number of hydrogen-bond acceptors (Lipinski definition) is 3. The lowest BCUT2D eigenvalue weighted by molar-refractivity contribution is -0.141. The molecule has 0 aromatic carbocycles. The van der Waals surface area contributed by atoms with E-state index in [1.807, 2.05) is 19.1 Å². The second-order valence-electron chi connectivity index (χ2n) is 3.80. The largest absolute Gasteiger partial charge is 0.466 e. The molecule has 0 unspecified atom stereocenters. The van der Waals surface area contributed by atoms with Crippen LogP contribution in [-0.4, -0.2) is 23.8 Å². The zero-order valence-corrected chi connectivity index (χ0v) is 11.5. The van der Waals surface area contributed by atoms with Gasteiger partial charge < -0.3 is 9.84 Å². The minimum atomic E-state index is -0.452. The van der Waals surface area contributed by atoms with Crippen LogP contribution in [-0.2, 0) is 9.53 Å². The summed E-state index contributed by atoms with van der Waals surface area (Å²) < 4.78 is 4.74. The molecule has 0 radical (unpaired) electrons. The lowest BCUT2D eigenvalue weighted by Gasteiger charge is -2.08. The van der Waals surface area contributed by atoms with E-state index in [0.717, 1.165) is 6.42 Å². The third-order valence-corrected chi connectivity index (χ3v) is 2.08. The van der Waals surface area contributed by atoms with Gasteiger partial charge in [0, 0.05) is 13.3 Å². The molecule has 3 heteroatoms. The summed E-state index contributed by atoms with van der Waals surface area (Å²) in [6.07, 6.45) is 8.57. The van der Waals surface area contributed by atoms with Crippen LogP contribution in [0, 0.1) is 23.7 Å². The van der Waals surface area contributed by atoms with Crippen molar-refractivity contribution in [1.82, 2.24) is 0 Å². The Bertz CT molecular complexity index is 424. The molecule has 0 bridgehead atoms. The second kappa shape index (κ2) is 12.5. The molecular weight excluding hydrogens is 240 g/mol. The molecule has 0 aliphatic rings. The van der Waals surface area contributed by atoms with E-state index < -0.39 is 6.10 Å². The summed E-state index contributed by atoms with van der Waals surface area (Å²) >= 11 is 0. The van der Waals surface area contributed by atoms with E-state index in [0.29, 0.717) is 12.8 Å². The molecule has 0 aliphatic heterocycles. The van der Waals surface area contributed by atoms with Crippen molar-refractivity contribution in [1.29, 1.82) is 0 Å². The monoisotopic (exact) mass is 260 g/mol. The average molecular weight is 260 g/mol. The number of ether oxygens (including phenoxy) is 1. The molecule has 0 aliphatic carbocycles. The van der Waals surface area contributed by atoms with Gasteiger partial charge >= 0.3 is 5.97 Å². The SMILES string of the molecule is C/C=C/C#CC#C/C=C/CC[C@H](O)CCOC(C)=O. The lowest BCUT2D eigenvalue weighted by Crippen LogP contribution is -2.11. The van der Waals surface area contributed by atoms with Crippen LogP contribution < -0.4 is 0 Å². The number of carbonyl (C=O) groups is 1. The van der Waals surface area contributed by atoms with E-state index >= 15 is 0 Å². The summed E-state index contributed by atoms with van der Waals surface area (Å²) in [6.45, 7) is 3.52. The van der Waals surface area contributed by atoms with Crippen LogP contribution in [0.4, 0.5) is 0 Å². The highest BCUT2D eigenvalue weighted by molar-refractivity contribution is 5.65. The van der Waals surface area contributed by atoms with E-state index in [2.05, 4.69) is 23.7 Å².